The fourth-order valence-corrected chi connectivity index (χ4v) is 3.17. The SMILES string of the molecule is CCn1nc2c(-c3ccc(Cl)cc3Cl)cccc2c1C(=O)NC. The van der Waals surface area contributed by atoms with Crippen LogP contribution in [0.25, 0.3) is 22.0 Å². The molecular weight excluding hydrogens is 333 g/mol. The molecule has 0 unspecified atom stereocenters. The molecule has 4 nitrogen and oxygen atoms in total. The van der Waals surface area contributed by atoms with Crippen molar-refractivity contribution < 1.29 is 4.79 Å². The summed E-state index contributed by atoms with van der Waals surface area (Å²) in [5, 5.41) is 9.21. The number of nitrogens with one attached hydrogen (secondary N) is 1. The maximum atomic E-state index is 12.2. The number of benzene rings is 2. The average Bonchev–Trinajstić information content (AvgIpc) is 2.93. The van der Waals surface area contributed by atoms with Gasteiger partial charge in [-0.05, 0) is 19.1 Å². The highest BCUT2D eigenvalue weighted by Gasteiger charge is 2.19. The Kier molecular flexibility index (Phi) is 4.28. The molecule has 0 saturated heterocycles. The first-order valence-electron chi connectivity index (χ1n) is 7.23. The molecule has 23 heavy (non-hydrogen) atoms. The van der Waals surface area contributed by atoms with Gasteiger partial charge >= 0.3 is 0 Å². The summed E-state index contributed by atoms with van der Waals surface area (Å²) in [6.45, 7) is 2.55. The zero-order chi connectivity index (χ0) is 16.6. The van der Waals surface area contributed by atoms with Crippen molar-refractivity contribution in [1.29, 1.82) is 0 Å². The number of carbonyl (C=O) groups excluding carboxylic acids is 1. The molecule has 0 spiro atoms. The van der Waals surface area contributed by atoms with Crippen LogP contribution < -0.4 is 5.32 Å². The number of amides is 1. The quantitative estimate of drug-likeness (QED) is 0.763. The van der Waals surface area contributed by atoms with E-state index in [0.29, 0.717) is 22.3 Å². The molecule has 0 radical (unpaired) electrons. The molecule has 0 aliphatic heterocycles. The van der Waals surface area contributed by atoms with Crippen LogP contribution in [-0.2, 0) is 6.54 Å². The molecule has 6 heteroatoms. The van der Waals surface area contributed by atoms with Gasteiger partial charge in [0.2, 0.25) is 0 Å². The molecule has 0 bridgehead atoms. The predicted octanol–water partition coefficient (Wildman–Crippen LogP) is 4.39. The number of rotatable bonds is 3. The molecule has 1 amide bonds. The minimum absolute atomic E-state index is 0.159. The molecule has 118 valence electrons. The van der Waals surface area contributed by atoms with E-state index in [1.165, 1.54) is 0 Å². The monoisotopic (exact) mass is 347 g/mol. The third kappa shape index (κ3) is 2.69. The predicted molar refractivity (Wildman–Crippen MR) is 94.3 cm³/mol. The molecule has 0 aliphatic rings. The number of hydrogen-bond donors (Lipinski definition) is 1. The molecule has 3 aromatic rings. The Bertz CT molecular complexity index is 902. The standard InChI is InChI=1S/C17H15Cl2N3O/c1-3-22-16(17(23)20-2)13-6-4-5-12(15(13)21-22)11-8-7-10(18)9-14(11)19/h4-9H,3H2,1-2H3,(H,20,23). The second-order valence-corrected chi connectivity index (χ2v) is 5.91. The van der Waals surface area contributed by atoms with Crippen LogP contribution in [-0.4, -0.2) is 22.7 Å². The molecule has 0 fully saturated rings. The largest absolute Gasteiger partial charge is 0.354 e. The highest BCUT2D eigenvalue weighted by molar-refractivity contribution is 6.36. The molecule has 1 aromatic heterocycles. The lowest BCUT2D eigenvalue weighted by atomic mass is 10.0. The van der Waals surface area contributed by atoms with Gasteiger partial charge in [-0.1, -0.05) is 47.5 Å². The van der Waals surface area contributed by atoms with Crippen molar-refractivity contribution in [3.8, 4) is 11.1 Å². The average molecular weight is 348 g/mol. The molecule has 0 aliphatic carbocycles. The van der Waals surface area contributed by atoms with E-state index in [2.05, 4.69) is 10.4 Å². The maximum Gasteiger partial charge on any atom is 0.269 e. The summed E-state index contributed by atoms with van der Waals surface area (Å²) in [7, 11) is 1.61. The molecular formula is C17H15Cl2N3O. The van der Waals surface area contributed by atoms with Crippen LogP contribution >= 0.6 is 23.2 Å². The lowest BCUT2D eigenvalue weighted by Crippen LogP contribution is -2.22. The third-order valence-corrected chi connectivity index (χ3v) is 4.28. The van der Waals surface area contributed by atoms with Gasteiger partial charge in [0.15, 0.2) is 0 Å². The van der Waals surface area contributed by atoms with Gasteiger partial charge in [0.1, 0.15) is 11.2 Å². The number of aromatic nitrogens is 2. The van der Waals surface area contributed by atoms with E-state index >= 15 is 0 Å². The summed E-state index contributed by atoms with van der Waals surface area (Å²) in [5.74, 6) is -0.159. The first-order chi connectivity index (χ1) is 11.1. The van der Waals surface area contributed by atoms with E-state index in [-0.39, 0.29) is 5.91 Å². The van der Waals surface area contributed by atoms with Crippen LogP contribution in [0.2, 0.25) is 10.0 Å². The van der Waals surface area contributed by atoms with Crippen molar-refractivity contribution in [2.45, 2.75) is 13.5 Å². The summed E-state index contributed by atoms with van der Waals surface area (Å²) < 4.78 is 1.71. The minimum Gasteiger partial charge on any atom is -0.354 e. The number of carbonyl (C=O) groups is 1. The molecule has 3 rings (SSSR count). The highest BCUT2D eigenvalue weighted by atomic mass is 35.5. The Morgan fingerprint density at radius 1 is 1.22 bits per heavy atom. The van der Waals surface area contributed by atoms with Crippen molar-refractivity contribution in [3.05, 3.63) is 52.1 Å². The van der Waals surface area contributed by atoms with Crippen molar-refractivity contribution in [1.82, 2.24) is 15.1 Å². The van der Waals surface area contributed by atoms with Crippen molar-refractivity contribution in [2.75, 3.05) is 7.05 Å². The molecule has 2 aromatic carbocycles. The van der Waals surface area contributed by atoms with Gasteiger partial charge in [-0.15, -0.1) is 0 Å². The van der Waals surface area contributed by atoms with Gasteiger partial charge in [0, 0.05) is 40.2 Å². The summed E-state index contributed by atoms with van der Waals surface area (Å²) in [5.41, 5.74) is 3.02. The van der Waals surface area contributed by atoms with Crippen molar-refractivity contribution in [2.24, 2.45) is 0 Å². The number of aryl methyl sites for hydroxylation is 1. The van der Waals surface area contributed by atoms with Crippen LogP contribution in [0.3, 0.4) is 0 Å². The summed E-state index contributed by atoms with van der Waals surface area (Å²) in [6.07, 6.45) is 0. The van der Waals surface area contributed by atoms with Crippen molar-refractivity contribution in [3.63, 3.8) is 0 Å². The van der Waals surface area contributed by atoms with Gasteiger partial charge in [-0.25, -0.2) is 0 Å². The lowest BCUT2D eigenvalue weighted by Gasteiger charge is -2.06. The van der Waals surface area contributed by atoms with Gasteiger partial charge in [-0.2, -0.15) is 5.10 Å². The zero-order valence-electron chi connectivity index (χ0n) is 12.7. The highest BCUT2D eigenvalue weighted by Crippen LogP contribution is 2.35. The fourth-order valence-electron chi connectivity index (χ4n) is 2.66. The van der Waals surface area contributed by atoms with Crippen LogP contribution in [0, 0.1) is 0 Å². The Labute approximate surface area is 144 Å². The summed E-state index contributed by atoms with van der Waals surface area (Å²) in [6, 6.07) is 11.1. The van der Waals surface area contributed by atoms with Crippen LogP contribution in [0.4, 0.5) is 0 Å². The number of fused-ring (bicyclic) bond motifs is 1. The van der Waals surface area contributed by atoms with Crippen molar-refractivity contribution >= 4 is 40.0 Å². The minimum atomic E-state index is -0.159. The molecule has 1 N–H and O–H groups in total. The van der Waals surface area contributed by atoms with Crippen LogP contribution in [0.15, 0.2) is 36.4 Å². The Morgan fingerprint density at radius 2 is 2.00 bits per heavy atom. The van der Waals surface area contributed by atoms with E-state index in [9.17, 15) is 4.79 Å². The second kappa shape index (κ2) is 6.22. The molecule has 1 heterocycles. The topological polar surface area (TPSA) is 46.9 Å². The maximum absolute atomic E-state index is 12.2. The van der Waals surface area contributed by atoms with E-state index < -0.39 is 0 Å². The van der Waals surface area contributed by atoms with Crippen LogP contribution in [0.5, 0.6) is 0 Å². The van der Waals surface area contributed by atoms with E-state index in [4.69, 9.17) is 23.2 Å². The Hall–Kier alpha value is -2.04. The number of nitrogens with zero attached hydrogens (tertiary/aromatic N) is 2. The van der Waals surface area contributed by atoms with E-state index in [1.807, 2.05) is 31.2 Å². The molecule has 0 atom stereocenters. The van der Waals surface area contributed by atoms with E-state index in [0.717, 1.165) is 22.0 Å². The van der Waals surface area contributed by atoms with Gasteiger partial charge in [0.25, 0.3) is 5.91 Å². The number of hydrogen-bond acceptors (Lipinski definition) is 2. The first kappa shape index (κ1) is 15.8. The third-order valence-electron chi connectivity index (χ3n) is 3.73. The Morgan fingerprint density at radius 3 is 2.65 bits per heavy atom. The van der Waals surface area contributed by atoms with Crippen LogP contribution in [0.1, 0.15) is 17.4 Å². The van der Waals surface area contributed by atoms with Gasteiger partial charge in [-0.3, -0.25) is 9.48 Å². The molecule has 0 saturated carbocycles. The van der Waals surface area contributed by atoms with Gasteiger partial charge in [0.05, 0.1) is 0 Å². The smallest absolute Gasteiger partial charge is 0.269 e. The Balaban J connectivity index is 2.31. The summed E-state index contributed by atoms with van der Waals surface area (Å²) in [4.78, 5) is 12.2. The lowest BCUT2D eigenvalue weighted by molar-refractivity contribution is 0.0954. The van der Waals surface area contributed by atoms with Gasteiger partial charge < -0.3 is 5.32 Å². The summed E-state index contributed by atoms with van der Waals surface area (Å²) >= 11 is 12.3. The zero-order valence-corrected chi connectivity index (χ0v) is 14.2. The fraction of sp³-hybridized carbons (Fsp3) is 0.176. The first-order valence-corrected chi connectivity index (χ1v) is 7.99. The second-order valence-electron chi connectivity index (χ2n) is 5.07. The normalized spacial score (nSPS) is 11.0. The van der Waals surface area contributed by atoms with E-state index in [1.54, 1.807) is 23.9 Å². The number of halogens is 2.